The molecule has 3 heteroatoms. The van der Waals surface area contributed by atoms with Gasteiger partial charge in [-0.05, 0) is 51.1 Å². The summed E-state index contributed by atoms with van der Waals surface area (Å²) >= 11 is 0. The van der Waals surface area contributed by atoms with Gasteiger partial charge >= 0.3 is 0 Å². The second kappa shape index (κ2) is 5.83. The van der Waals surface area contributed by atoms with E-state index < -0.39 is 0 Å². The second-order valence-electron chi connectivity index (χ2n) is 4.71. The molecule has 2 rings (SSSR count). The SMILES string of the molecule is CNCCc1ccccc1Cn1nc(C)cc1C. The minimum Gasteiger partial charge on any atom is -0.319 e. The molecule has 0 spiro atoms. The Balaban J connectivity index is 2.20. The Bertz CT molecular complexity index is 514. The molecule has 1 heterocycles. The lowest BCUT2D eigenvalue weighted by Crippen LogP contribution is -2.13. The molecule has 0 saturated carbocycles. The van der Waals surface area contributed by atoms with E-state index in [1.165, 1.54) is 16.8 Å². The van der Waals surface area contributed by atoms with E-state index in [2.05, 4.69) is 52.4 Å². The molecule has 0 radical (unpaired) electrons. The molecule has 3 nitrogen and oxygen atoms in total. The zero-order valence-corrected chi connectivity index (χ0v) is 11.4. The molecule has 0 aliphatic rings. The molecule has 0 aliphatic heterocycles. The van der Waals surface area contributed by atoms with Crippen molar-refractivity contribution < 1.29 is 0 Å². The molecule has 0 bridgehead atoms. The summed E-state index contributed by atoms with van der Waals surface area (Å²) in [6, 6.07) is 10.7. The van der Waals surface area contributed by atoms with Crippen LogP contribution in [0.4, 0.5) is 0 Å². The van der Waals surface area contributed by atoms with E-state index >= 15 is 0 Å². The molecular formula is C15H21N3. The number of hydrogen-bond donors (Lipinski definition) is 1. The van der Waals surface area contributed by atoms with Gasteiger partial charge in [-0.3, -0.25) is 4.68 Å². The molecule has 18 heavy (non-hydrogen) atoms. The number of nitrogens with zero attached hydrogens (tertiary/aromatic N) is 2. The van der Waals surface area contributed by atoms with Crippen molar-refractivity contribution in [3.8, 4) is 0 Å². The Morgan fingerprint density at radius 1 is 1.17 bits per heavy atom. The van der Waals surface area contributed by atoms with Crippen molar-refractivity contribution in [3.63, 3.8) is 0 Å². The topological polar surface area (TPSA) is 29.9 Å². The average Bonchev–Trinajstić information content (AvgIpc) is 2.67. The Hall–Kier alpha value is -1.61. The Morgan fingerprint density at radius 2 is 1.89 bits per heavy atom. The van der Waals surface area contributed by atoms with Crippen LogP contribution in [0.5, 0.6) is 0 Å². The smallest absolute Gasteiger partial charge is 0.0665 e. The van der Waals surface area contributed by atoms with Crippen LogP contribution in [0, 0.1) is 13.8 Å². The van der Waals surface area contributed by atoms with E-state index in [4.69, 9.17) is 0 Å². The average molecular weight is 243 g/mol. The summed E-state index contributed by atoms with van der Waals surface area (Å²) in [5.74, 6) is 0. The number of rotatable bonds is 5. The molecule has 0 atom stereocenters. The van der Waals surface area contributed by atoms with Gasteiger partial charge in [-0.25, -0.2) is 0 Å². The van der Waals surface area contributed by atoms with E-state index in [9.17, 15) is 0 Å². The zero-order chi connectivity index (χ0) is 13.0. The summed E-state index contributed by atoms with van der Waals surface area (Å²) in [6.07, 6.45) is 1.06. The van der Waals surface area contributed by atoms with E-state index in [0.717, 1.165) is 25.2 Å². The van der Waals surface area contributed by atoms with Gasteiger partial charge in [0.2, 0.25) is 0 Å². The van der Waals surface area contributed by atoms with Crippen LogP contribution in [0.25, 0.3) is 0 Å². The molecule has 1 N–H and O–H groups in total. The van der Waals surface area contributed by atoms with Crippen LogP contribution in [0.1, 0.15) is 22.5 Å². The fourth-order valence-corrected chi connectivity index (χ4v) is 2.21. The molecule has 0 amide bonds. The van der Waals surface area contributed by atoms with E-state index in [0.29, 0.717) is 0 Å². The molecular weight excluding hydrogens is 222 g/mol. The van der Waals surface area contributed by atoms with Crippen LogP contribution in [0.2, 0.25) is 0 Å². The summed E-state index contributed by atoms with van der Waals surface area (Å²) in [5.41, 5.74) is 5.06. The largest absolute Gasteiger partial charge is 0.319 e. The normalized spacial score (nSPS) is 10.8. The first-order valence-corrected chi connectivity index (χ1v) is 6.43. The highest BCUT2D eigenvalue weighted by Crippen LogP contribution is 2.13. The summed E-state index contributed by atoms with van der Waals surface area (Å²) in [4.78, 5) is 0. The van der Waals surface area contributed by atoms with Gasteiger partial charge in [0.25, 0.3) is 0 Å². The maximum Gasteiger partial charge on any atom is 0.0665 e. The lowest BCUT2D eigenvalue weighted by Gasteiger charge is -2.10. The minimum absolute atomic E-state index is 0.861. The molecule has 0 aliphatic carbocycles. The van der Waals surface area contributed by atoms with Crippen molar-refractivity contribution in [2.24, 2.45) is 0 Å². The highest BCUT2D eigenvalue weighted by molar-refractivity contribution is 5.28. The van der Waals surface area contributed by atoms with Crippen molar-refractivity contribution in [1.82, 2.24) is 15.1 Å². The monoisotopic (exact) mass is 243 g/mol. The van der Waals surface area contributed by atoms with Gasteiger partial charge in [-0.2, -0.15) is 5.10 Å². The number of aromatic nitrogens is 2. The highest BCUT2D eigenvalue weighted by atomic mass is 15.3. The van der Waals surface area contributed by atoms with Crippen molar-refractivity contribution in [2.75, 3.05) is 13.6 Å². The van der Waals surface area contributed by atoms with Gasteiger partial charge in [0.05, 0.1) is 12.2 Å². The predicted molar refractivity (Wildman–Crippen MR) is 74.9 cm³/mol. The first-order chi connectivity index (χ1) is 8.70. The minimum atomic E-state index is 0.861. The van der Waals surface area contributed by atoms with E-state index in [1.807, 2.05) is 14.0 Å². The van der Waals surface area contributed by atoms with Gasteiger partial charge in [0, 0.05) is 5.69 Å². The van der Waals surface area contributed by atoms with Crippen LogP contribution in [-0.4, -0.2) is 23.4 Å². The fourth-order valence-electron chi connectivity index (χ4n) is 2.21. The van der Waals surface area contributed by atoms with Crippen LogP contribution < -0.4 is 5.32 Å². The quantitative estimate of drug-likeness (QED) is 0.873. The number of nitrogens with one attached hydrogen (secondary N) is 1. The van der Waals surface area contributed by atoms with E-state index in [1.54, 1.807) is 0 Å². The third kappa shape index (κ3) is 2.99. The van der Waals surface area contributed by atoms with Gasteiger partial charge in [-0.1, -0.05) is 24.3 Å². The molecule has 96 valence electrons. The first-order valence-electron chi connectivity index (χ1n) is 6.43. The van der Waals surface area contributed by atoms with Crippen LogP contribution >= 0.6 is 0 Å². The number of benzene rings is 1. The molecule has 0 unspecified atom stereocenters. The molecule has 1 aromatic carbocycles. The molecule has 0 saturated heterocycles. The Labute approximate surface area is 109 Å². The third-order valence-electron chi connectivity index (χ3n) is 3.19. The van der Waals surface area contributed by atoms with E-state index in [-0.39, 0.29) is 0 Å². The molecule has 0 fully saturated rings. The maximum absolute atomic E-state index is 4.53. The van der Waals surface area contributed by atoms with Crippen molar-refractivity contribution in [1.29, 1.82) is 0 Å². The number of aryl methyl sites for hydroxylation is 2. The zero-order valence-electron chi connectivity index (χ0n) is 11.4. The second-order valence-corrected chi connectivity index (χ2v) is 4.71. The summed E-state index contributed by atoms with van der Waals surface area (Å²) in [7, 11) is 1.99. The molecule has 1 aromatic heterocycles. The van der Waals surface area contributed by atoms with Gasteiger partial charge in [0.15, 0.2) is 0 Å². The van der Waals surface area contributed by atoms with Crippen molar-refractivity contribution in [3.05, 3.63) is 52.8 Å². The Morgan fingerprint density at radius 3 is 2.50 bits per heavy atom. The van der Waals surface area contributed by atoms with Crippen LogP contribution in [0.15, 0.2) is 30.3 Å². The summed E-state index contributed by atoms with van der Waals surface area (Å²) in [5, 5.41) is 7.73. The molecule has 2 aromatic rings. The maximum atomic E-state index is 4.53. The van der Waals surface area contributed by atoms with Crippen molar-refractivity contribution >= 4 is 0 Å². The summed E-state index contributed by atoms with van der Waals surface area (Å²) in [6.45, 7) is 6.01. The first kappa shape index (κ1) is 12.8. The number of hydrogen-bond acceptors (Lipinski definition) is 2. The van der Waals surface area contributed by atoms with Crippen molar-refractivity contribution in [2.45, 2.75) is 26.8 Å². The standard InChI is InChI=1S/C15H21N3/c1-12-10-13(2)18(17-12)11-15-7-5-4-6-14(15)8-9-16-3/h4-7,10,16H,8-9,11H2,1-3H3. The lowest BCUT2D eigenvalue weighted by molar-refractivity contribution is 0.652. The Kier molecular flexibility index (Phi) is 4.15. The fraction of sp³-hybridized carbons (Fsp3) is 0.400. The van der Waals surface area contributed by atoms with Gasteiger partial charge < -0.3 is 5.32 Å². The van der Waals surface area contributed by atoms with Crippen LogP contribution in [0.3, 0.4) is 0 Å². The van der Waals surface area contributed by atoms with Crippen LogP contribution in [-0.2, 0) is 13.0 Å². The number of likely N-dealkylation sites (N-methyl/N-ethyl adjacent to an activating group) is 1. The predicted octanol–water partition coefficient (Wildman–Crippen LogP) is 2.31. The lowest BCUT2D eigenvalue weighted by atomic mass is 10.0. The van der Waals surface area contributed by atoms with Gasteiger partial charge in [-0.15, -0.1) is 0 Å². The highest BCUT2D eigenvalue weighted by Gasteiger charge is 2.05. The summed E-state index contributed by atoms with van der Waals surface area (Å²) < 4.78 is 2.08. The van der Waals surface area contributed by atoms with Gasteiger partial charge in [0.1, 0.15) is 0 Å². The third-order valence-corrected chi connectivity index (χ3v) is 3.19.